The van der Waals surface area contributed by atoms with Crippen molar-refractivity contribution in [3.05, 3.63) is 64.3 Å². The molecule has 19 heavy (non-hydrogen) atoms. The minimum atomic E-state index is -1.14. The van der Waals surface area contributed by atoms with E-state index < -0.39 is 5.97 Å². The largest absolute Gasteiger partial charge is 0.594 e. The van der Waals surface area contributed by atoms with Crippen LogP contribution in [0.4, 0.5) is 11.4 Å². The first-order chi connectivity index (χ1) is 9.08. The Morgan fingerprint density at radius 3 is 2.42 bits per heavy atom. The summed E-state index contributed by atoms with van der Waals surface area (Å²) in [6.07, 6.45) is 0. The minimum Gasteiger partial charge on any atom is -0.594 e. The van der Waals surface area contributed by atoms with Gasteiger partial charge in [-0.05, 0) is 24.3 Å². The van der Waals surface area contributed by atoms with Gasteiger partial charge in [0.2, 0.25) is 5.69 Å². The van der Waals surface area contributed by atoms with Gasteiger partial charge in [0.25, 0.3) is 0 Å². The highest BCUT2D eigenvalue weighted by Crippen LogP contribution is 2.22. The molecule has 0 fully saturated rings. The number of rotatable bonds is 3. The quantitative estimate of drug-likeness (QED) is 0.523. The molecular formula is C13H9ClN2O3. The molecule has 1 N–H and O–H groups in total. The van der Waals surface area contributed by atoms with Crippen molar-refractivity contribution in [3.8, 4) is 0 Å². The van der Waals surface area contributed by atoms with Crippen LogP contribution in [0, 0.1) is 5.21 Å². The molecule has 0 saturated heterocycles. The smallest absolute Gasteiger partial charge is 0.338 e. The van der Waals surface area contributed by atoms with E-state index in [9.17, 15) is 10.0 Å². The average molecular weight is 277 g/mol. The second kappa shape index (κ2) is 5.49. The number of carboxylic acids is 1. The molecule has 96 valence electrons. The van der Waals surface area contributed by atoms with E-state index in [1.807, 2.05) is 0 Å². The Morgan fingerprint density at radius 1 is 1.16 bits per heavy atom. The molecule has 0 radical (unpaired) electrons. The number of hydrogen-bond donors (Lipinski definition) is 1. The van der Waals surface area contributed by atoms with E-state index in [-0.39, 0.29) is 16.9 Å². The van der Waals surface area contributed by atoms with Gasteiger partial charge in [0.05, 0.1) is 5.56 Å². The standard InChI is InChI=1S/C13H9ClN2O3/c14-9-5-7-10(8-6-9)16(19)15-12-4-2-1-3-11(12)13(17)18/h1-8H,(H,17,18). The van der Waals surface area contributed by atoms with Crippen molar-refractivity contribution >= 4 is 28.9 Å². The molecule has 0 saturated carbocycles. The van der Waals surface area contributed by atoms with Crippen LogP contribution in [-0.2, 0) is 0 Å². The Bertz CT molecular complexity index is 639. The fourth-order valence-corrected chi connectivity index (χ4v) is 1.59. The average Bonchev–Trinajstić information content (AvgIpc) is 2.39. The van der Waals surface area contributed by atoms with Gasteiger partial charge in [-0.3, -0.25) is 0 Å². The van der Waals surface area contributed by atoms with Crippen LogP contribution in [0.5, 0.6) is 0 Å². The van der Waals surface area contributed by atoms with Gasteiger partial charge in [0.15, 0.2) is 0 Å². The van der Waals surface area contributed by atoms with Crippen LogP contribution in [0.15, 0.2) is 53.6 Å². The molecule has 2 rings (SSSR count). The lowest BCUT2D eigenvalue weighted by Crippen LogP contribution is -1.98. The first-order valence-electron chi connectivity index (χ1n) is 5.35. The molecule has 0 aliphatic heterocycles. The monoisotopic (exact) mass is 276 g/mol. The van der Waals surface area contributed by atoms with E-state index >= 15 is 0 Å². The normalized spacial score (nSPS) is 11.3. The lowest BCUT2D eigenvalue weighted by molar-refractivity contribution is -0.435. The Labute approximate surface area is 114 Å². The maximum atomic E-state index is 11.8. The number of carboxylic acid groups (broad SMARTS) is 1. The zero-order valence-corrected chi connectivity index (χ0v) is 10.4. The minimum absolute atomic E-state index is 0.0303. The van der Waals surface area contributed by atoms with E-state index in [0.29, 0.717) is 9.88 Å². The van der Waals surface area contributed by atoms with Gasteiger partial charge in [-0.15, -0.1) is 0 Å². The molecule has 0 unspecified atom stereocenters. The van der Waals surface area contributed by atoms with E-state index in [1.165, 1.54) is 24.3 Å². The van der Waals surface area contributed by atoms with Gasteiger partial charge >= 0.3 is 5.97 Å². The third kappa shape index (κ3) is 3.08. The Morgan fingerprint density at radius 2 is 1.79 bits per heavy atom. The van der Waals surface area contributed by atoms with Crippen LogP contribution in [0.2, 0.25) is 5.02 Å². The van der Waals surface area contributed by atoms with E-state index in [1.54, 1.807) is 24.3 Å². The van der Waals surface area contributed by atoms with Crippen molar-refractivity contribution in [3.63, 3.8) is 0 Å². The van der Waals surface area contributed by atoms with Gasteiger partial charge in [0.1, 0.15) is 5.69 Å². The highest BCUT2D eigenvalue weighted by Gasteiger charge is 2.12. The van der Waals surface area contributed by atoms with Gasteiger partial charge in [0, 0.05) is 22.3 Å². The zero-order chi connectivity index (χ0) is 13.8. The zero-order valence-electron chi connectivity index (χ0n) is 9.65. The predicted octanol–water partition coefficient (Wildman–Crippen LogP) is 3.96. The van der Waals surface area contributed by atoms with Crippen molar-refractivity contribution in [2.75, 3.05) is 0 Å². The van der Waals surface area contributed by atoms with Crippen LogP contribution in [0.3, 0.4) is 0 Å². The molecule has 0 amide bonds. The number of azo groups is 1. The van der Waals surface area contributed by atoms with Crippen molar-refractivity contribution in [1.82, 2.24) is 0 Å². The summed E-state index contributed by atoms with van der Waals surface area (Å²) in [5.74, 6) is -1.14. The van der Waals surface area contributed by atoms with Crippen molar-refractivity contribution in [2.24, 2.45) is 5.11 Å². The maximum Gasteiger partial charge on any atom is 0.338 e. The summed E-state index contributed by atoms with van der Waals surface area (Å²) in [6.45, 7) is 0. The van der Waals surface area contributed by atoms with E-state index in [2.05, 4.69) is 5.11 Å². The molecule has 0 spiro atoms. The Kier molecular flexibility index (Phi) is 3.77. The number of halogens is 1. The van der Waals surface area contributed by atoms with Gasteiger partial charge in [-0.1, -0.05) is 28.6 Å². The summed E-state index contributed by atoms with van der Waals surface area (Å²) < 4.78 is 0. The SMILES string of the molecule is O=C(O)c1ccccc1N=[N+]([O-])c1ccc(Cl)cc1. The van der Waals surface area contributed by atoms with Crippen LogP contribution < -0.4 is 0 Å². The predicted molar refractivity (Wildman–Crippen MR) is 70.2 cm³/mol. The lowest BCUT2D eigenvalue weighted by Gasteiger charge is -2.01. The fourth-order valence-electron chi connectivity index (χ4n) is 1.47. The molecule has 0 bridgehead atoms. The topological polar surface area (TPSA) is 75.7 Å². The Balaban J connectivity index is 2.41. The third-order valence-electron chi connectivity index (χ3n) is 2.38. The number of hydrogen-bond acceptors (Lipinski definition) is 3. The number of nitrogens with zero attached hydrogens (tertiary/aromatic N) is 2. The van der Waals surface area contributed by atoms with Crippen molar-refractivity contribution in [1.29, 1.82) is 0 Å². The molecule has 0 aliphatic carbocycles. The van der Waals surface area contributed by atoms with Gasteiger partial charge in [-0.25, -0.2) is 4.79 Å². The second-order valence-electron chi connectivity index (χ2n) is 3.67. The van der Waals surface area contributed by atoms with E-state index in [0.717, 1.165) is 0 Å². The van der Waals surface area contributed by atoms with Crippen LogP contribution in [-0.4, -0.2) is 15.9 Å². The molecule has 0 aliphatic rings. The first-order valence-corrected chi connectivity index (χ1v) is 5.72. The summed E-state index contributed by atoms with van der Waals surface area (Å²) >= 11 is 5.71. The van der Waals surface area contributed by atoms with Crippen molar-refractivity contribution < 1.29 is 14.8 Å². The van der Waals surface area contributed by atoms with Crippen LogP contribution >= 0.6 is 11.6 Å². The highest BCUT2D eigenvalue weighted by atomic mass is 35.5. The molecule has 0 atom stereocenters. The summed E-state index contributed by atoms with van der Waals surface area (Å²) in [4.78, 5) is 11.3. The first kappa shape index (κ1) is 13.0. The molecule has 2 aromatic carbocycles. The summed E-state index contributed by atoms with van der Waals surface area (Å²) in [5, 5.41) is 25.0. The summed E-state index contributed by atoms with van der Waals surface area (Å²) in [7, 11) is 0. The molecule has 5 nitrogen and oxygen atoms in total. The number of aromatic carboxylic acids is 1. The molecule has 0 heterocycles. The molecule has 2 aromatic rings. The molecule has 0 aromatic heterocycles. The maximum absolute atomic E-state index is 11.8. The lowest BCUT2D eigenvalue weighted by atomic mass is 10.2. The van der Waals surface area contributed by atoms with Gasteiger partial charge in [-0.2, -0.15) is 0 Å². The fraction of sp³-hybridized carbons (Fsp3) is 0. The molecule has 6 heteroatoms. The van der Waals surface area contributed by atoms with Crippen molar-refractivity contribution in [2.45, 2.75) is 0 Å². The number of benzene rings is 2. The summed E-state index contributed by atoms with van der Waals surface area (Å²) in [5.41, 5.74) is 0.335. The van der Waals surface area contributed by atoms with Crippen LogP contribution in [0.1, 0.15) is 10.4 Å². The Hall–Kier alpha value is -2.40. The second-order valence-corrected chi connectivity index (χ2v) is 4.11. The van der Waals surface area contributed by atoms with Crippen LogP contribution in [0.25, 0.3) is 0 Å². The van der Waals surface area contributed by atoms with Gasteiger partial charge < -0.3 is 10.3 Å². The van der Waals surface area contributed by atoms with E-state index in [4.69, 9.17) is 16.7 Å². The third-order valence-corrected chi connectivity index (χ3v) is 2.63. The summed E-state index contributed by atoms with van der Waals surface area (Å²) in [6, 6.07) is 12.1. The molecular weight excluding hydrogens is 268 g/mol. The number of carbonyl (C=O) groups is 1. The highest BCUT2D eigenvalue weighted by molar-refractivity contribution is 6.30.